The summed E-state index contributed by atoms with van der Waals surface area (Å²) >= 11 is 0. The smallest absolute Gasteiger partial charge is 0.0859 e. The fraction of sp³-hybridized carbons (Fsp3) is 0.375. The molecule has 0 aliphatic heterocycles. The summed E-state index contributed by atoms with van der Waals surface area (Å²) in [6, 6.07) is 2.13. The van der Waals surface area contributed by atoms with Crippen LogP contribution in [0, 0.1) is 17.2 Å². The molecule has 0 aromatic rings. The van der Waals surface area contributed by atoms with Crippen LogP contribution in [-0.4, -0.2) is 5.54 Å². The third-order valence-electron chi connectivity index (χ3n) is 1.68. The average molecular weight is 134 g/mol. The van der Waals surface area contributed by atoms with Gasteiger partial charge in [0.1, 0.15) is 0 Å². The molecular formula is C8H10N2. The molecule has 1 aliphatic carbocycles. The highest BCUT2D eigenvalue weighted by atomic mass is 14.7. The molecule has 2 nitrogen and oxygen atoms in total. The quantitative estimate of drug-likeness (QED) is 0.536. The molecule has 2 N–H and O–H groups in total. The molecule has 52 valence electrons. The Morgan fingerprint density at radius 2 is 2.30 bits per heavy atom. The maximum atomic E-state index is 8.61. The van der Waals surface area contributed by atoms with Crippen molar-refractivity contribution in [2.75, 3.05) is 0 Å². The van der Waals surface area contributed by atoms with Crippen LogP contribution in [0.1, 0.15) is 6.92 Å². The highest BCUT2D eigenvalue weighted by Crippen LogP contribution is 2.19. The summed E-state index contributed by atoms with van der Waals surface area (Å²) in [5.41, 5.74) is 5.29. The molecule has 0 aromatic heterocycles. The van der Waals surface area contributed by atoms with Crippen LogP contribution in [0.15, 0.2) is 24.3 Å². The van der Waals surface area contributed by atoms with E-state index in [9.17, 15) is 0 Å². The Morgan fingerprint density at radius 3 is 2.70 bits per heavy atom. The topological polar surface area (TPSA) is 49.8 Å². The summed E-state index contributed by atoms with van der Waals surface area (Å²) in [6.07, 6.45) is 7.39. The van der Waals surface area contributed by atoms with Crippen molar-refractivity contribution in [3.63, 3.8) is 0 Å². The summed E-state index contributed by atoms with van der Waals surface area (Å²) in [7, 11) is 0. The van der Waals surface area contributed by atoms with Gasteiger partial charge in [0.25, 0.3) is 0 Å². The number of nitrogens with zero attached hydrogens (tertiary/aromatic N) is 1. The van der Waals surface area contributed by atoms with Crippen LogP contribution in [0.5, 0.6) is 0 Å². The van der Waals surface area contributed by atoms with E-state index in [0.29, 0.717) is 0 Å². The van der Waals surface area contributed by atoms with Crippen LogP contribution in [-0.2, 0) is 0 Å². The summed E-state index contributed by atoms with van der Waals surface area (Å²) in [5.74, 6) is -0.183. The van der Waals surface area contributed by atoms with Crippen LogP contribution >= 0.6 is 0 Å². The Hall–Kier alpha value is -1.07. The van der Waals surface area contributed by atoms with Crippen molar-refractivity contribution in [3.05, 3.63) is 24.3 Å². The zero-order valence-corrected chi connectivity index (χ0v) is 5.91. The van der Waals surface area contributed by atoms with E-state index in [0.717, 1.165) is 0 Å². The second-order valence-corrected chi connectivity index (χ2v) is 2.72. The van der Waals surface area contributed by atoms with E-state index in [2.05, 4.69) is 6.07 Å². The Kier molecular flexibility index (Phi) is 1.60. The van der Waals surface area contributed by atoms with E-state index >= 15 is 0 Å². The highest BCUT2D eigenvalue weighted by molar-refractivity contribution is 5.26. The summed E-state index contributed by atoms with van der Waals surface area (Å²) in [6.45, 7) is 1.85. The lowest BCUT2D eigenvalue weighted by atomic mass is 9.84. The minimum atomic E-state index is -0.483. The zero-order valence-electron chi connectivity index (χ0n) is 5.91. The highest BCUT2D eigenvalue weighted by Gasteiger charge is 2.26. The lowest BCUT2D eigenvalue weighted by Crippen LogP contribution is -2.41. The van der Waals surface area contributed by atoms with Crippen molar-refractivity contribution >= 4 is 0 Å². The first kappa shape index (κ1) is 7.04. The molecule has 0 saturated heterocycles. The van der Waals surface area contributed by atoms with Crippen molar-refractivity contribution in [1.82, 2.24) is 0 Å². The Morgan fingerprint density at radius 1 is 1.60 bits per heavy atom. The van der Waals surface area contributed by atoms with Gasteiger partial charge in [0, 0.05) is 0 Å². The van der Waals surface area contributed by atoms with E-state index in [1.165, 1.54) is 0 Å². The summed E-state index contributed by atoms with van der Waals surface area (Å²) in [5, 5.41) is 8.61. The van der Waals surface area contributed by atoms with Crippen molar-refractivity contribution in [2.24, 2.45) is 11.7 Å². The second-order valence-electron chi connectivity index (χ2n) is 2.72. The minimum Gasteiger partial charge on any atom is -0.321 e. The molecule has 0 saturated carbocycles. The molecule has 2 atom stereocenters. The molecule has 2 heteroatoms. The molecule has 10 heavy (non-hydrogen) atoms. The number of allylic oxidation sites excluding steroid dienone is 2. The molecule has 2 unspecified atom stereocenters. The van der Waals surface area contributed by atoms with Crippen LogP contribution in [0.4, 0.5) is 0 Å². The Labute approximate surface area is 60.6 Å². The van der Waals surface area contributed by atoms with Crippen molar-refractivity contribution < 1.29 is 0 Å². The standard InChI is InChI=1S/C8H10N2/c1-8(10)5-3-2-4-7(8)6-9/h2-5,7H,10H2,1H3. The van der Waals surface area contributed by atoms with Crippen LogP contribution in [0.2, 0.25) is 0 Å². The molecule has 1 rings (SSSR count). The van der Waals surface area contributed by atoms with Gasteiger partial charge in [0.15, 0.2) is 0 Å². The maximum Gasteiger partial charge on any atom is 0.0859 e. The van der Waals surface area contributed by atoms with Gasteiger partial charge in [-0.3, -0.25) is 0 Å². The maximum absolute atomic E-state index is 8.61. The van der Waals surface area contributed by atoms with E-state index in [-0.39, 0.29) is 5.92 Å². The van der Waals surface area contributed by atoms with E-state index in [4.69, 9.17) is 11.0 Å². The molecule has 0 amide bonds. The first-order valence-electron chi connectivity index (χ1n) is 3.21. The van der Waals surface area contributed by atoms with E-state index in [1.54, 1.807) is 0 Å². The SMILES string of the molecule is CC1(N)C=CC=CC1C#N. The number of nitrogens with two attached hydrogens (primary N) is 1. The molecule has 0 bridgehead atoms. The van der Waals surface area contributed by atoms with Gasteiger partial charge in [0.2, 0.25) is 0 Å². The molecule has 1 aliphatic rings. The lowest BCUT2D eigenvalue weighted by molar-refractivity contribution is 0.503. The van der Waals surface area contributed by atoms with Crippen molar-refractivity contribution in [2.45, 2.75) is 12.5 Å². The number of hydrogen-bond acceptors (Lipinski definition) is 2. The third kappa shape index (κ3) is 1.09. The van der Waals surface area contributed by atoms with Crippen LogP contribution in [0.25, 0.3) is 0 Å². The number of nitriles is 1. The molecule has 0 spiro atoms. The predicted molar refractivity (Wildman–Crippen MR) is 40.0 cm³/mol. The fourth-order valence-corrected chi connectivity index (χ4v) is 0.931. The largest absolute Gasteiger partial charge is 0.321 e. The normalized spacial score (nSPS) is 37.5. The van der Waals surface area contributed by atoms with Gasteiger partial charge in [-0.1, -0.05) is 24.3 Å². The Bertz CT molecular complexity index is 218. The minimum absolute atomic E-state index is 0.183. The molecule has 0 radical (unpaired) electrons. The van der Waals surface area contributed by atoms with Gasteiger partial charge in [-0.25, -0.2) is 0 Å². The second kappa shape index (κ2) is 2.28. The van der Waals surface area contributed by atoms with Crippen molar-refractivity contribution in [1.29, 1.82) is 5.26 Å². The lowest BCUT2D eigenvalue weighted by Gasteiger charge is -2.25. The number of hydrogen-bond donors (Lipinski definition) is 1. The third-order valence-corrected chi connectivity index (χ3v) is 1.68. The first-order chi connectivity index (χ1) is 4.67. The summed E-state index contributed by atoms with van der Waals surface area (Å²) in [4.78, 5) is 0. The number of rotatable bonds is 0. The first-order valence-corrected chi connectivity index (χ1v) is 3.21. The van der Waals surface area contributed by atoms with Crippen molar-refractivity contribution in [3.8, 4) is 6.07 Å². The predicted octanol–water partition coefficient (Wildman–Crippen LogP) is 0.970. The van der Waals surface area contributed by atoms with Crippen LogP contribution < -0.4 is 5.73 Å². The zero-order chi connectivity index (χ0) is 7.61. The monoisotopic (exact) mass is 134 g/mol. The molecule has 0 heterocycles. The van der Waals surface area contributed by atoms with E-state index < -0.39 is 5.54 Å². The van der Waals surface area contributed by atoms with Gasteiger partial charge in [-0.15, -0.1) is 0 Å². The van der Waals surface area contributed by atoms with Crippen LogP contribution in [0.3, 0.4) is 0 Å². The van der Waals surface area contributed by atoms with Gasteiger partial charge in [-0.05, 0) is 6.92 Å². The van der Waals surface area contributed by atoms with Gasteiger partial charge in [-0.2, -0.15) is 5.26 Å². The fourth-order valence-electron chi connectivity index (χ4n) is 0.931. The van der Waals surface area contributed by atoms with Gasteiger partial charge in [0.05, 0.1) is 17.5 Å². The molecular weight excluding hydrogens is 124 g/mol. The molecule has 0 aromatic carbocycles. The Balaban J connectivity index is 2.87. The van der Waals surface area contributed by atoms with E-state index in [1.807, 2.05) is 31.2 Å². The molecule has 0 fully saturated rings. The summed E-state index contributed by atoms with van der Waals surface area (Å²) < 4.78 is 0. The van der Waals surface area contributed by atoms with Gasteiger partial charge < -0.3 is 5.73 Å². The van der Waals surface area contributed by atoms with Gasteiger partial charge >= 0.3 is 0 Å². The average Bonchev–Trinajstić information content (AvgIpc) is 1.87.